The Bertz CT molecular complexity index is 386. The zero-order valence-electron chi connectivity index (χ0n) is 11.6. The van der Waals surface area contributed by atoms with Gasteiger partial charge in [-0.2, -0.15) is 0 Å². The quantitative estimate of drug-likeness (QED) is 0.412. The molecule has 7 atom stereocenters. The topological polar surface area (TPSA) is 20.2 Å². The Labute approximate surface area is 111 Å². The van der Waals surface area contributed by atoms with Crippen LogP contribution in [0.4, 0.5) is 13.2 Å². The number of hydrogen-bond acceptors (Lipinski definition) is 1. The van der Waals surface area contributed by atoms with E-state index >= 15 is 0 Å². The second-order valence-electron chi connectivity index (χ2n) is 7.29. The van der Waals surface area contributed by atoms with E-state index in [-0.39, 0.29) is 12.3 Å². The van der Waals surface area contributed by atoms with Crippen LogP contribution >= 0.6 is 0 Å². The van der Waals surface area contributed by atoms with E-state index in [0.29, 0.717) is 17.8 Å². The largest absolute Gasteiger partial charge is 0.554 e. The summed E-state index contributed by atoms with van der Waals surface area (Å²) in [6.07, 6.45) is 0.166. The van der Waals surface area contributed by atoms with Crippen LogP contribution in [0.3, 0.4) is 0 Å². The molecule has 0 aromatic heterocycles. The van der Waals surface area contributed by atoms with Crippen LogP contribution in [-0.2, 0) is 0 Å². The first-order chi connectivity index (χ1) is 8.95. The van der Waals surface area contributed by atoms with Gasteiger partial charge < -0.3 is 5.11 Å². The molecule has 4 aliphatic rings. The van der Waals surface area contributed by atoms with Gasteiger partial charge in [0.15, 0.2) is 0 Å². The van der Waals surface area contributed by atoms with Crippen LogP contribution in [0.1, 0.15) is 38.5 Å². The molecule has 4 bridgehead atoms. The van der Waals surface area contributed by atoms with Crippen LogP contribution in [0, 0.1) is 47.5 Å². The average Bonchev–Trinajstić information content (AvgIpc) is 3.05. The van der Waals surface area contributed by atoms with Crippen molar-refractivity contribution in [2.75, 3.05) is 0 Å². The van der Waals surface area contributed by atoms with Gasteiger partial charge in [0.2, 0.25) is 0 Å². The molecule has 1 nitrogen and oxygen atoms in total. The van der Waals surface area contributed by atoms with Gasteiger partial charge in [0.1, 0.15) is 0 Å². The predicted molar refractivity (Wildman–Crippen MR) is 63.4 cm³/mol. The molecule has 0 aromatic rings. The molecular weight excluding hydrogens is 520 g/mol. The molecule has 1 N–H and O–H groups in total. The van der Waals surface area contributed by atoms with Crippen LogP contribution in [0.15, 0.2) is 0 Å². The molecule has 7 unspecified atom stereocenters. The number of hydrogen-bond donors (Lipinski definition) is 1. The SMILES string of the molecule is O[C-](CC1CC2CC1C1C3CCC(C3)C21)C(F)(F)F.[Rf]. The second kappa shape index (κ2) is 4.12. The summed E-state index contributed by atoms with van der Waals surface area (Å²) >= 11 is 0. The van der Waals surface area contributed by atoms with Crippen LogP contribution < -0.4 is 0 Å². The normalized spacial score (nSPS) is 48.8. The fraction of sp³-hybridized carbons (Fsp3) is 0.933. The summed E-state index contributed by atoms with van der Waals surface area (Å²) in [7, 11) is 0. The van der Waals surface area contributed by atoms with Gasteiger partial charge in [-0.3, -0.25) is 0 Å². The first-order valence-corrected chi connectivity index (χ1v) is 7.57. The van der Waals surface area contributed by atoms with Crippen molar-refractivity contribution >= 4 is 0 Å². The summed E-state index contributed by atoms with van der Waals surface area (Å²) < 4.78 is 37.4. The van der Waals surface area contributed by atoms with E-state index in [1.54, 1.807) is 0 Å². The Morgan fingerprint density at radius 1 is 0.950 bits per heavy atom. The van der Waals surface area contributed by atoms with Gasteiger partial charge in [0, 0.05) is 0 Å². The molecule has 0 saturated heterocycles. The van der Waals surface area contributed by atoms with E-state index < -0.39 is 12.3 Å². The number of aliphatic hydroxyl groups is 1. The van der Waals surface area contributed by atoms with Crippen molar-refractivity contribution in [3.05, 3.63) is 6.10 Å². The first-order valence-electron chi connectivity index (χ1n) is 7.57. The maximum Gasteiger partial charge on any atom is 0.294 e. The minimum atomic E-state index is -4.52. The summed E-state index contributed by atoms with van der Waals surface area (Å²) in [5.41, 5.74) is 0. The second-order valence-corrected chi connectivity index (χ2v) is 7.29. The molecule has 4 rings (SSSR count). The fourth-order valence-electron chi connectivity index (χ4n) is 6.30. The van der Waals surface area contributed by atoms with Crippen molar-refractivity contribution < 1.29 is 18.3 Å². The Balaban J connectivity index is 0.00000121. The van der Waals surface area contributed by atoms with Crippen molar-refractivity contribution in [2.24, 2.45) is 41.4 Å². The maximum atomic E-state index is 12.5. The minimum absolute atomic E-state index is 0. The standard InChI is InChI=1S/C15H20F3O.Rf/c16-15(17,18)12(19)6-9-4-10-5-11(9)14-8-2-1-7(3-8)13(10)14;/h7-11,13-14,19H,1-6H2;/q-1;. The van der Waals surface area contributed by atoms with E-state index in [1.807, 2.05) is 0 Å². The number of aliphatic hydroxyl groups excluding tert-OH is 1. The van der Waals surface area contributed by atoms with Gasteiger partial charge in [-0.15, -0.1) is 6.42 Å². The number of alkyl halides is 3. The zero-order chi connectivity index (χ0) is 13.4. The molecule has 0 spiro atoms. The van der Waals surface area contributed by atoms with Gasteiger partial charge in [0.25, 0.3) is 6.18 Å². The summed E-state index contributed by atoms with van der Waals surface area (Å²) in [6, 6.07) is 0. The summed E-state index contributed by atoms with van der Waals surface area (Å²) in [4.78, 5) is 0. The van der Waals surface area contributed by atoms with Crippen molar-refractivity contribution in [3.63, 3.8) is 0 Å². The van der Waals surface area contributed by atoms with Gasteiger partial charge in [-0.25, -0.2) is 13.2 Å². The fourth-order valence-corrected chi connectivity index (χ4v) is 6.30. The smallest absolute Gasteiger partial charge is 0.294 e. The van der Waals surface area contributed by atoms with Crippen molar-refractivity contribution in [3.8, 4) is 0 Å². The third kappa shape index (κ3) is 1.68. The molecule has 4 aliphatic carbocycles. The molecule has 4 saturated carbocycles. The Morgan fingerprint density at radius 3 is 2.25 bits per heavy atom. The third-order valence-electron chi connectivity index (χ3n) is 6.65. The summed E-state index contributed by atoms with van der Waals surface area (Å²) in [5, 5.41) is 9.24. The maximum absolute atomic E-state index is 12.5. The molecule has 0 aromatic carbocycles. The van der Waals surface area contributed by atoms with Crippen LogP contribution in [0.5, 0.6) is 0 Å². The van der Waals surface area contributed by atoms with E-state index in [9.17, 15) is 18.3 Å². The first kappa shape index (κ1) is 13.7. The summed E-state index contributed by atoms with van der Waals surface area (Å²) in [6.45, 7) is 0. The Morgan fingerprint density at radius 2 is 1.60 bits per heavy atom. The van der Waals surface area contributed by atoms with Gasteiger partial charge in [-0.1, -0.05) is 12.0 Å². The van der Waals surface area contributed by atoms with Crippen LogP contribution in [-0.4, -0.2) is 11.3 Å². The Hall–Kier alpha value is -1.25. The van der Waals surface area contributed by atoms with E-state index in [4.69, 9.17) is 0 Å². The van der Waals surface area contributed by atoms with E-state index in [1.165, 1.54) is 19.3 Å². The van der Waals surface area contributed by atoms with Crippen LogP contribution in [0.25, 0.3) is 0 Å². The monoisotopic (exact) mass is 540 g/mol. The van der Waals surface area contributed by atoms with Crippen LogP contribution in [0.2, 0.25) is 0 Å². The van der Waals surface area contributed by atoms with Crippen molar-refractivity contribution in [1.29, 1.82) is 0 Å². The molecule has 4 fully saturated rings. The predicted octanol–water partition coefficient (Wildman–Crippen LogP) is 4.16. The number of fused-ring (bicyclic) bond motifs is 9. The van der Waals surface area contributed by atoms with Crippen molar-refractivity contribution in [1.82, 2.24) is 0 Å². The number of rotatable bonds is 2. The molecule has 0 aliphatic heterocycles. The molecular formula is C15H20F3ORf-. The number of halogens is 3. The Kier molecular flexibility index (Phi) is 2.83. The molecule has 110 valence electrons. The molecule has 5 heteroatoms. The molecule has 20 heavy (non-hydrogen) atoms. The molecule has 0 heterocycles. The zero-order valence-corrected chi connectivity index (χ0v) is 18.0. The average molecular weight is 540 g/mol. The minimum Gasteiger partial charge on any atom is -0.554 e. The summed E-state index contributed by atoms with van der Waals surface area (Å²) in [5.74, 6) is 4.42. The van der Waals surface area contributed by atoms with E-state index in [2.05, 4.69) is 0 Å². The van der Waals surface area contributed by atoms with Crippen molar-refractivity contribution in [2.45, 2.75) is 44.7 Å². The third-order valence-corrected chi connectivity index (χ3v) is 6.65. The van der Waals surface area contributed by atoms with E-state index in [0.717, 1.165) is 30.6 Å². The van der Waals surface area contributed by atoms with Gasteiger partial charge in [0.05, 0.1) is 0 Å². The molecule has 0 amide bonds. The van der Waals surface area contributed by atoms with Gasteiger partial charge >= 0.3 is 0 Å². The van der Waals surface area contributed by atoms with Gasteiger partial charge in [-0.05, 0) is 67.6 Å². The molecule has 0 radical (unpaired) electrons.